The third-order valence-corrected chi connectivity index (χ3v) is 7.47. The average Bonchev–Trinajstić information content (AvgIpc) is 3.31. The fraction of sp³-hybridized carbons (Fsp3) is 0.414. The molecule has 0 aliphatic carbocycles. The molecule has 1 saturated heterocycles. The molecule has 0 unspecified atom stereocenters. The third kappa shape index (κ3) is 6.72. The van der Waals surface area contributed by atoms with E-state index in [1.807, 2.05) is 29.9 Å². The number of ketones is 1. The van der Waals surface area contributed by atoms with Gasteiger partial charge in [-0.05, 0) is 67.7 Å². The number of nitrogens with one attached hydrogen (secondary N) is 1. The fourth-order valence-electron chi connectivity index (χ4n) is 4.88. The summed E-state index contributed by atoms with van der Waals surface area (Å²) in [4.78, 5) is 27.4. The molecule has 1 amide bonds. The average molecular weight is 559 g/mol. The molecule has 2 aromatic carbocycles. The molecule has 39 heavy (non-hydrogen) atoms. The largest absolute Gasteiger partial charge is 0.383 e. The van der Waals surface area contributed by atoms with Crippen molar-refractivity contribution in [3.05, 3.63) is 76.5 Å². The van der Waals surface area contributed by atoms with Gasteiger partial charge in [0.05, 0.1) is 23.7 Å². The number of carbonyl (C=O) groups is 2. The molecule has 1 aliphatic rings. The second kappa shape index (κ2) is 12.4. The number of carbonyl (C=O) groups excluding carboxylic acids is 2. The van der Waals surface area contributed by atoms with E-state index in [2.05, 4.69) is 11.9 Å². The highest BCUT2D eigenvalue weighted by Gasteiger charge is 2.32. The monoisotopic (exact) mass is 558 g/mol. The molecule has 0 spiro atoms. The second-order valence-corrected chi connectivity index (χ2v) is 10.3. The van der Waals surface area contributed by atoms with Crippen molar-refractivity contribution in [3.8, 4) is 0 Å². The number of hydrogen-bond acceptors (Lipinski definition) is 5. The number of ether oxygens (including phenoxy) is 1. The first-order valence-corrected chi connectivity index (χ1v) is 13.3. The number of methoxy groups -OCH3 is 1. The van der Waals surface area contributed by atoms with E-state index < -0.39 is 11.5 Å². The summed E-state index contributed by atoms with van der Waals surface area (Å²) in [5.41, 5.74) is 2.15. The smallest absolute Gasteiger partial charge is 0.292 e. The van der Waals surface area contributed by atoms with Gasteiger partial charge in [0, 0.05) is 61.6 Å². The Labute approximate surface area is 231 Å². The molecule has 0 radical (unpaired) electrons. The quantitative estimate of drug-likeness (QED) is 0.198. The number of alkyl halides is 2. The van der Waals surface area contributed by atoms with Gasteiger partial charge in [0.2, 0.25) is 0 Å². The van der Waals surface area contributed by atoms with Gasteiger partial charge in [0.25, 0.3) is 11.8 Å². The Balaban J connectivity index is 1.37. The van der Waals surface area contributed by atoms with Gasteiger partial charge in [0.15, 0.2) is 5.78 Å². The first-order chi connectivity index (χ1) is 18.6. The standard InChI is InChI=1S/C29H33ClF2N4O3/c1-4-29(31,32)24-15-21(5-6-25(24)30)28(38)35-10-7-20(8-11-35)17-36-18-22-14-23(19(2)13-26(22)34-36)27(37)16-33-9-12-39-3/h4-6,13-15,18,20,33H,1,7-12,16-17H2,2-3H3. The summed E-state index contributed by atoms with van der Waals surface area (Å²) in [6.07, 6.45) is 4.01. The van der Waals surface area contributed by atoms with Crippen LogP contribution in [-0.4, -0.2) is 66.3 Å². The normalized spacial score (nSPS) is 14.6. The van der Waals surface area contributed by atoms with Crippen LogP contribution in [0.5, 0.6) is 0 Å². The summed E-state index contributed by atoms with van der Waals surface area (Å²) in [7, 11) is 1.62. The van der Waals surface area contributed by atoms with Gasteiger partial charge < -0.3 is 15.0 Å². The number of piperidine rings is 1. The van der Waals surface area contributed by atoms with E-state index in [1.165, 1.54) is 12.1 Å². The molecular weight excluding hydrogens is 526 g/mol. The van der Waals surface area contributed by atoms with Gasteiger partial charge in [-0.25, -0.2) is 0 Å². The fourth-order valence-corrected chi connectivity index (χ4v) is 5.13. The first-order valence-electron chi connectivity index (χ1n) is 12.9. The van der Waals surface area contributed by atoms with Crippen molar-refractivity contribution in [1.82, 2.24) is 20.0 Å². The van der Waals surface area contributed by atoms with E-state index in [4.69, 9.17) is 21.4 Å². The number of Topliss-reactive ketones (excluding diaryl/α,β-unsaturated/α-hetero) is 1. The van der Waals surface area contributed by atoms with Crippen molar-refractivity contribution in [2.75, 3.05) is 39.9 Å². The zero-order valence-corrected chi connectivity index (χ0v) is 22.9. The maximum Gasteiger partial charge on any atom is 0.292 e. The number of aromatic nitrogens is 2. The number of benzene rings is 2. The topological polar surface area (TPSA) is 76.5 Å². The van der Waals surface area contributed by atoms with Crippen molar-refractivity contribution < 1.29 is 23.1 Å². The molecule has 2 heterocycles. The number of aryl methyl sites for hydroxylation is 1. The molecule has 7 nitrogen and oxygen atoms in total. The highest BCUT2D eigenvalue weighted by molar-refractivity contribution is 6.31. The summed E-state index contributed by atoms with van der Waals surface area (Å²) in [6, 6.07) is 7.79. The van der Waals surface area contributed by atoms with Crippen molar-refractivity contribution in [2.45, 2.75) is 32.2 Å². The summed E-state index contributed by atoms with van der Waals surface area (Å²) in [6.45, 7) is 8.21. The van der Waals surface area contributed by atoms with Gasteiger partial charge in [-0.1, -0.05) is 18.2 Å². The van der Waals surface area contributed by atoms with Crippen LogP contribution >= 0.6 is 11.6 Å². The number of allylic oxidation sites excluding steroid dienone is 1. The molecule has 4 rings (SSSR count). The third-order valence-electron chi connectivity index (χ3n) is 7.14. The maximum absolute atomic E-state index is 14.2. The van der Waals surface area contributed by atoms with Gasteiger partial charge in [-0.3, -0.25) is 14.3 Å². The molecule has 1 aliphatic heterocycles. The lowest BCUT2D eigenvalue weighted by atomic mass is 9.96. The number of halogens is 3. The second-order valence-electron chi connectivity index (χ2n) is 9.93. The van der Waals surface area contributed by atoms with Crippen molar-refractivity contribution in [3.63, 3.8) is 0 Å². The minimum atomic E-state index is -3.32. The zero-order valence-electron chi connectivity index (χ0n) is 22.2. The van der Waals surface area contributed by atoms with Crippen LogP contribution in [-0.2, 0) is 17.2 Å². The van der Waals surface area contributed by atoms with Crippen LogP contribution in [0, 0.1) is 12.8 Å². The van der Waals surface area contributed by atoms with E-state index in [1.54, 1.807) is 12.0 Å². The molecule has 1 aromatic heterocycles. The van der Waals surface area contributed by atoms with Crippen molar-refractivity contribution in [2.24, 2.45) is 5.92 Å². The number of rotatable bonds is 11. The van der Waals surface area contributed by atoms with Crippen LogP contribution in [0.4, 0.5) is 8.78 Å². The summed E-state index contributed by atoms with van der Waals surface area (Å²) in [5, 5.41) is 8.60. The predicted octanol–water partition coefficient (Wildman–Crippen LogP) is 5.25. The Hall–Kier alpha value is -3.14. The Kier molecular flexibility index (Phi) is 9.15. The Morgan fingerprint density at radius 3 is 2.69 bits per heavy atom. The number of likely N-dealkylation sites (tertiary alicyclic amines) is 1. The predicted molar refractivity (Wildman–Crippen MR) is 148 cm³/mol. The Morgan fingerprint density at radius 2 is 2.00 bits per heavy atom. The molecule has 0 atom stereocenters. The molecule has 0 saturated carbocycles. The van der Waals surface area contributed by atoms with E-state index in [0.717, 1.165) is 35.4 Å². The highest BCUT2D eigenvalue weighted by atomic mass is 35.5. The highest BCUT2D eigenvalue weighted by Crippen LogP contribution is 2.35. The van der Waals surface area contributed by atoms with Gasteiger partial charge in [-0.15, -0.1) is 0 Å². The van der Waals surface area contributed by atoms with E-state index in [0.29, 0.717) is 50.3 Å². The molecule has 1 N–H and O–H groups in total. The van der Waals surface area contributed by atoms with Crippen LogP contribution in [0.25, 0.3) is 10.9 Å². The van der Waals surface area contributed by atoms with Crippen LogP contribution in [0.2, 0.25) is 5.02 Å². The van der Waals surface area contributed by atoms with Gasteiger partial charge >= 0.3 is 0 Å². The molecule has 3 aromatic rings. The van der Waals surface area contributed by atoms with E-state index in [-0.39, 0.29) is 28.8 Å². The van der Waals surface area contributed by atoms with Gasteiger partial charge in [0.1, 0.15) is 0 Å². The molecule has 0 bridgehead atoms. The van der Waals surface area contributed by atoms with Gasteiger partial charge in [-0.2, -0.15) is 13.9 Å². The summed E-state index contributed by atoms with van der Waals surface area (Å²) >= 11 is 5.95. The van der Waals surface area contributed by atoms with E-state index >= 15 is 0 Å². The number of amides is 1. The lowest BCUT2D eigenvalue weighted by Crippen LogP contribution is -2.39. The Bertz CT molecular complexity index is 1370. The minimum Gasteiger partial charge on any atom is -0.383 e. The molecule has 1 fully saturated rings. The molecular formula is C29H33ClF2N4O3. The molecule has 208 valence electrons. The maximum atomic E-state index is 14.2. The van der Waals surface area contributed by atoms with Crippen LogP contribution < -0.4 is 5.32 Å². The lowest BCUT2D eigenvalue weighted by molar-refractivity contribution is 0.0524. The van der Waals surface area contributed by atoms with Crippen molar-refractivity contribution in [1.29, 1.82) is 0 Å². The Morgan fingerprint density at radius 1 is 1.26 bits per heavy atom. The minimum absolute atomic E-state index is 0.0244. The summed E-state index contributed by atoms with van der Waals surface area (Å²) in [5.74, 6) is -3.28. The zero-order chi connectivity index (χ0) is 28.2. The summed E-state index contributed by atoms with van der Waals surface area (Å²) < 4.78 is 35.2. The SMILES string of the molecule is C=CC(F)(F)c1cc(C(=O)N2CCC(Cn3cc4cc(C(=O)CNCCOC)c(C)cc4n3)CC2)ccc1Cl. The molecule has 10 heteroatoms. The number of hydrogen-bond donors (Lipinski definition) is 1. The number of nitrogens with zero attached hydrogens (tertiary/aromatic N) is 3. The van der Waals surface area contributed by atoms with Crippen LogP contribution in [0.3, 0.4) is 0 Å². The van der Waals surface area contributed by atoms with Crippen molar-refractivity contribution >= 4 is 34.2 Å². The number of fused-ring (bicyclic) bond motifs is 1. The van der Waals surface area contributed by atoms with Crippen LogP contribution in [0.15, 0.2) is 49.2 Å². The van der Waals surface area contributed by atoms with E-state index in [9.17, 15) is 18.4 Å². The first kappa shape index (κ1) is 28.9. The van der Waals surface area contributed by atoms with Crippen LogP contribution in [0.1, 0.15) is 44.7 Å². The lowest BCUT2D eigenvalue weighted by Gasteiger charge is -2.32.